The van der Waals surface area contributed by atoms with E-state index in [0.717, 1.165) is 0 Å². The summed E-state index contributed by atoms with van der Waals surface area (Å²) in [6.45, 7) is 1.72. The van der Waals surface area contributed by atoms with E-state index in [-0.39, 0.29) is 0 Å². The first kappa shape index (κ1) is 8.59. The molecule has 0 atom stereocenters. The molecule has 0 amide bonds. The topological polar surface area (TPSA) is 47.6 Å². The zero-order chi connectivity index (χ0) is 9.14. The first-order valence-corrected chi connectivity index (χ1v) is 3.67. The maximum atomic E-state index is 8.70. The van der Waals surface area contributed by atoms with Crippen molar-refractivity contribution < 1.29 is 0 Å². The predicted octanol–water partition coefficient (Wildman–Crippen LogP) is 2.39. The van der Waals surface area contributed by atoms with Crippen molar-refractivity contribution in [1.29, 1.82) is 10.5 Å². The van der Waals surface area contributed by atoms with Crippen LogP contribution in [-0.4, -0.2) is 0 Å². The summed E-state index contributed by atoms with van der Waals surface area (Å²) in [5.74, 6) is 0. The SMILES string of the molecule is Cc1c(Cl)ccc(C#N)c1C#N. The molecule has 0 heterocycles. The van der Waals surface area contributed by atoms with Gasteiger partial charge in [0.2, 0.25) is 0 Å². The number of rotatable bonds is 0. The summed E-state index contributed by atoms with van der Waals surface area (Å²) in [7, 11) is 0. The van der Waals surface area contributed by atoms with Crippen LogP contribution < -0.4 is 0 Å². The molecule has 0 bridgehead atoms. The Hall–Kier alpha value is -1.51. The second kappa shape index (κ2) is 3.26. The van der Waals surface area contributed by atoms with Crippen LogP contribution in [0.5, 0.6) is 0 Å². The van der Waals surface area contributed by atoms with Crippen LogP contribution in [0.25, 0.3) is 0 Å². The minimum atomic E-state index is 0.366. The third-order valence-electron chi connectivity index (χ3n) is 1.63. The van der Waals surface area contributed by atoms with Gasteiger partial charge >= 0.3 is 0 Å². The minimum Gasteiger partial charge on any atom is -0.192 e. The molecule has 0 fully saturated rings. The van der Waals surface area contributed by atoms with Gasteiger partial charge in [0.15, 0.2) is 0 Å². The molecule has 1 aromatic carbocycles. The molecule has 3 heteroatoms. The Bertz CT molecular complexity index is 396. The molecular formula is C9H5ClN2. The number of halogens is 1. The Morgan fingerprint density at radius 1 is 1.25 bits per heavy atom. The van der Waals surface area contributed by atoms with Gasteiger partial charge in [-0.1, -0.05) is 11.6 Å². The largest absolute Gasteiger partial charge is 0.192 e. The van der Waals surface area contributed by atoms with Crippen molar-refractivity contribution in [3.63, 3.8) is 0 Å². The third kappa shape index (κ3) is 1.25. The zero-order valence-corrected chi connectivity index (χ0v) is 7.18. The van der Waals surface area contributed by atoms with E-state index in [2.05, 4.69) is 0 Å². The molecule has 2 nitrogen and oxygen atoms in total. The van der Waals surface area contributed by atoms with Gasteiger partial charge in [-0.15, -0.1) is 0 Å². The Labute approximate surface area is 75.6 Å². The van der Waals surface area contributed by atoms with Crippen molar-refractivity contribution in [3.8, 4) is 12.1 Å². The fraction of sp³-hybridized carbons (Fsp3) is 0.111. The molecule has 1 rings (SSSR count). The molecule has 0 aliphatic heterocycles. The van der Waals surface area contributed by atoms with Gasteiger partial charge in [-0.3, -0.25) is 0 Å². The molecule has 0 N–H and O–H groups in total. The average molecular weight is 177 g/mol. The van der Waals surface area contributed by atoms with Crippen molar-refractivity contribution >= 4 is 11.6 Å². The maximum Gasteiger partial charge on any atom is 0.101 e. The van der Waals surface area contributed by atoms with Crippen molar-refractivity contribution in [2.75, 3.05) is 0 Å². The van der Waals surface area contributed by atoms with Gasteiger partial charge in [0.1, 0.15) is 12.1 Å². The normalized spacial score (nSPS) is 8.67. The molecule has 58 valence electrons. The zero-order valence-electron chi connectivity index (χ0n) is 6.43. The number of hydrogen-bond acceptors (Lipinski definition) is 2. The fourth-order valence-corrected chi connectivity index (χ4v) is 1.08. The lowest BCUT2D eigenvalue weighted by molar-refractivity contribution is 1.36. The minimum absolute atomic E-state index is 0.366. The molecule has 1 aromatic rings. The highest BCUT2D eigenvalue weighted by molar-refractivity contribution is 6.31. The Balaban J connectivity index is 3.52. The Morgan fingerprint density at radius 3 is 2.42 bits per heavy atom. The molecule has 0 aliphatic rings. The molecule has 0 saturated heterocycles. The average Bonchev–Trinajstić information content (AvgIpc) is 2.09. The van der Waals surface area contributed by atoms with Crippen LogP contribution in [0.1, 0.15) is 16.7 Å². The van der Waals surface area contributed by atoms with Crippen LogP contribution in [0.2, 0.25) is 5.02 Å². The first-order valence-electron chi connectivity index (χ1n) is 3.30. The van der Waals surface area contributed by atoms with Crippen LogP contribution in [-0.2, 0) is 0 Å². The first-order chi connectivity index (χ1) is 5.70. The highest BCUT2D eigenvalue weighted by atomic mass is 35.5. The van der Waals surface area contributed by atoms with Gasteiger partial charge in [0, 0.05) is 5.02 Å². The standard InChI is InChI=1S/C9H5ClN2/c1-6-8(5-12)7(4-11)2-3-9(6)10/h2-3H,1H3. The highest BCUT2D eigenvalue weighted by Gasteiger charge is 2.06. The van der Waals surface area contributed by atoms with E-state index in [1.54, 1.807) is 19.1 Å². The summed E-state index contributed by atoms with van der Waals surface area (Å²) in [6, 6.07) is 7.05. The lowest BCUT2D eigenvalue weighted by Crippen LogP contribution is -1.88. The van der Waals surface area contributed by atoms with Crippen molar-refractivity contribution in [2.24, 2.45) is 0 Å². The van der Waals surface area contributed by atoms with E-state index in [0.29, 0.717) is 21.7 Å². The molecule has 0 radical (unpaired) electrons. The van der Waals surface area contributed by atoms with E-state index in [1.807, 2.05) is 12.1 Å². The van der Waals surface area contributed by atoms with Gasteiger partial charge in [-0.05, 0) is 24.6 Å². The summed E-state index contributed by atoms with van der Waals surface area (Å²) >= 11 is 5.76. The van der Waals surface area contributed by atoms with E-state index >= 15 is 0 Å². The molecular weight excluding hydrogens is 172 g/mol. The van der Waals surface area contributed by atoms with Crippen LogP contribution in [0.3, 0.4) is 0 Å². The van der Waals surface area contributed by atoms with Crippen LogP contribution in [0, 0.1) is 29.6 Å². The summed E-state index contributed by atoms with van der Waals surface area (Å²) in [4.78, 5) is 0. The van der Waals surface area contributed by atoms with E-state index in [1.165, 1.54) is 0 Å². The predicted molar refractivity (Wildman–Crippen MR) is 45.6 cm³/mol. The molecule has 12 heavy (non-hydrogen) atoms. The number of hydrogen-bond donors (Lipinski definition) is 0. The molecule has 0 aromatic heterocycles. The van der Waals surface area contributed by atoms with Gasteiger partial charge in [0.05, 0.1) is 11.1 Å². The third-order valence-corrected chi connectivity index (χ3v) is 2.04. The monoisotopic (exact) mass is 176 g/mol. The van der Waals surface area contributed by atoms with Gasteiger partial charge < -0.3 is 0 Å². The van der Waals surface area contributed by atoms with Crippen LogP contribution in [0.15, 0.2) is 12.1 Å². The number of benzene rings is 1. The second-order valence-electron chi connectivity index (χ2n) is 2.32. The van der Waals surface area contributed by atoms with Crippen LogP contribution >= 0.6 is 11.6 Å². The highest BCUT2D eigenvalue weighted by Crippen LogP contribution is 2.21. The smallest absolute Gasteiger partial charge is 0.101 e. The number of nitrogens with zero attached hydrogens (tertiary/aromatic N) is 2. The summed E-state index contributed by atoms with van der Waals surface area (Å²) in [5, 5.41) is 17.8. The summed E-state index contributed by atoms with van der Waals surface area (Å²) in [5.41, 5.74) is 1.41. The van der Waals surface area contributed by atoms with Crippen molar-refractivity contribution in [1.82, 2.24) is 0 Å². The molecule has 0 unspecified atom stereocenters. The van der Waals surface area contributed by atoms with Gasteiger partial charge in [-0.2, -0.15) is 10.5 Å². The number of nitriles is 2. The lowest BCUT2D eigenvalue weighted by Gasteiger charge is -2.00. The van der Waals surface area contributed by atoms with E-state index in [4.69, 9.17) is 22.1 Å². The van der Waals surface area contributed by atoms with E-state index < -0.39 is 0 Å². The van der Waals surface area contributed by atoms with Crippen LogP contribution in [0.4, 0.5) is 0 Å². The Morgan fingerprint density at radius 2 is 1.92 bits per heavy atom. The fourth-order valence-electron chi connectivity index (χ4n) is 0.923. The van der Waals surface area contributed by atoms with E-state index in [9.17, 15) is 0 Å². The summed E-state index contributed by atoms with van der Waals surface area (Å²) in [6.07, 6.45) is 0. The maximum absolute atomic E-state index is 8.70. The molecule has 0 spiro atoms. The van der Waals surface area contributed by atoms with Crippen molar-refractivity contribution in [3.05, 3.63) is 33.8 Å². The quantitative estimate of drug-likeness (QED) is 0.610. The second-order valence-corrected chi connectivity index (χ2v) is 2.73. The Kier molecular flexibility index (Phi) is 2.33. The molecule has 0 aliphatic carbocycles. The lowest BCUT2D eigenvalue weighted by atomic mass is 10.0. The van der Waals surface area contributed by atoms with Gasteiger partial charge in [0.25, 0.3) is 0 Å². The van der Waals surface area contributed by atoms with Crippen molar-refractivity contribution in [2.45, 2.75) is 6.92 Å². The van der Waals surface area contributed by atoms with Gasteiger partial charge in [-0.25, -0.2) is 0 Å². The molecule has 0 saturated carbocycles. The summed E-state index contributed by atoms with van der Waals surface area (Å²) < 4.78 is 0.